The molecule has 0 amide bonds. The van der Waals surface area contributed by atoms with Crippen LogP contribution in [0.3, 0.4) is 0 Å². The van der Waals surface area contributed by atoms with E-state index in [-0.39, 0.29) is 5.41 Å². The minimum Gasteiger partial charge on any atom is -0.278 e. The summed E-state index contributed by atoms with van der Waals surface area (Å²) in [4.78, 5) is 21.8. The molecule has 15 aromatic rings. The van der Waals surface area contributed by atoms with Crippen LogP contribution in [0.5, 0.6) is 0 Å². The van der Waals surface area contributed by atoms with E-state index in [9.17, 15) is 0 Å². The lowest BCUT2D eigenvalue weighted by atomic mass is 9.80. The summed E-state index contributed by atoms with van der Waals surface area (Å²) < 4.78 is 2.25. The van der Waals surface area contributed by atoms with Crippen molar-refractivity contribution in [3.05, 3.63) is 319 Å². The van der Waals surface area contributed by atoms with Gasteiger partial charge in [0.25, 0.3) is 0 Å². The Morgan fingerprint density at radius 2 is 0.699 bits per heavy atom. The van der Waals surface area contributed by atoms with Crippen LogP contribution < -0.4 is 0 Å². The lowest BCUT2D eigenvalue weighted by Gasteiger charge is -2.23. The molecule has 1 aliphatic carbocycles. The summed E-state index contributed by atoms with van der Waals surface area (Å²) in [6.45, 7) is 13.6. The summed E-state index contributed by atoms with van der Waals surface area (Å²) >= 11 is 0. The second-order valence-electron chi connectivity index (χ2n) is 25.9. The Balaban J connectivity index is 0.842. The first kappa shape index (κ1) is 56.8. The molecule has 0 unspecified atom stereocenters. The molecular weight excluding hydrogens is 1130 g/mol. The van der Waals surface area contributed by atoms with Gasteiger partial charge in [-0.3, -0.25) is 9.55 Å². The topological polar surface area (TPSA) is 56.5 Å². The maximum absolute atomic E-state index is 5.56. The van der Waals surface area contributed by atoms with Crippen molar-refractivity contribution < 1.29 is 0 Å². The highest BCUT2D eigenvalue weighted by molar-refractivity contribution is 6.11. The van der Waals surface area contributed by atoms with Crippen LogP contribution in [-0.2, 0) is 11.8 Å². The Kier molecular flexibility index (Phi) is 14.1. The molecule has 0 radical (unpaired) electrons. The normalized spacial score (nSPS) is 11.9. The minimum atomic E-state index is -0.0157. The Morgan fingerprint density at radius 3 is 1.20 bits per heavy atom. The summed E-state index contributed by atoms with van der Waals surface area (Å²) in [7, 11) is 0. The lowest BCUT2D eigenvalue weighted by Crippen LogP contribution is -2.11. The molecule has 0 bridgehead atoms. The van der Waals surface area contributed by atoms with Gasteiger partial charge >= 0.3 is 0 Å². The predicted molar refractivity (Wildman–Crippen MR) is 387 cm³/mol. The number of nitrogens with zero attached hydrogens (tertiary/aromatic N) is 5. The molecule has 5 heteroatoms. The maximum Gasteiger partial charge on any atom is 0.238 e. The predicted octanol–water partition coefficient (Wildman–Crippen LogP) is 22.8. The number of rotatable bonds is 11. The summed E-state index contributed by atoms with van der Waals surface area (Å²) in [5.41, 5.74) is 32.3. The van der Waals surface area contributed by atoms with E-state index in [0.717, 1.165) is 78.4 Å². The van der Waals surface area contributed by atoms with Gasteiger partial charge in [-0.2, -0.15) is 9.97 Å². The molecule has 0 fully saturated rings. The Labute approximate surface area is 544 Å². The lowest BCUT2D eigenvalue weighted by molar-refractivity contribution is 0.587. The molecule has 1 aliphatic rings. The number of benzene rings is 12. The summed E-state index contributed by atoms with van der Waals surface area (Å²) in [6.07, 6.45) is 2.86. The molecule has 0 aliphatic heterocycles. The second-order valence-corrected chi connectivity index (χ2v) is 25.9. The molecule has 0 N–H and O–H groups in total. The van der Waals surface area contributed by atoms with Crippen molar-refractivity contribution in [3.8, 4) is 129 Å². The summed E-state index contributed by atoms with van der Waals surface area (Å²) in [5, 5.41) is 2.25. The molecule has 3 heterocycles. The van der Waals surface area contributed by atoms with Crippen molar-refractivity contribution in [1.82, 2.24) is 24.5 Å². The molecule has 444 valence electrons. The fraction of sp³-hybridized carbons (Fsp3) is 0.0909. The van der Waals surface area contributed by atoms with E-state index in [4.69, 9.17) is 19.9 Å². The van der Waals surface area contributed by atoms with Gasteiger partial charge in [-0.05, 0) is 209 Å². The van der Waals surface area contributed by atoms with Crippen LogP contribution in [-0.4, -0.2) is 24.5 Å². The average Bonchev–Trinajstić information content (AvgIpc) is 1.62. The first-order chi connectivity index (χ1) is 45.4. The van der Waals surface area contributed by atoms with Gasteiger partial charge in [-0.1, -0.05) is 239 Å². The molecular formula is C88H67N5. The van der Waals surface area contributed by atoms with E-state index < -0.39 is 0 Å². The Morgan fingerprint density at radius 1 is 0.312 bits per heavy atom. The fourth-order valence-corrected chi connectivity index (χ4v) is 14.4. The average molecular weight is 1190 g/mol. The second kappa shape index (κ2) is 23.1. The third-order valence-electron chi connectivity index (χ3n) is 19.0. The van der Waals surface area contributed by atoms with Crippen LogP contribution in [0.4, 0.5) is 0 Å². The van der Waals surface area contributed by atoms with Crippen molar-refractivity contribution in [2.75, 3.05) is 0 Å². The standard InChI is InChI=1S/C88H67N5/c1-55-81(60-29-15-9-16-30-60)56(2)83(57(3)82(55)61-31-17-10-18-32-61)67-38-22-34-63(44-67)65-36-24-40-69(46-65)86-90-85(91-87(92-86)93-79-42-20-19-41-76(79)78-53-77-73(52-80(78)93)50-74-51-75(88(4,5)6)54-89-84(74)77)68-39-23-35-64(45-68)62-33-21-37-66(43-62)72-48-70(58-25-11-7-12-26-58)47-71(49-72)59-27-13-8-14-28-59/h7-49,51-54H,50H2,1-6H3. The quantitative estimate of drug-likeness (QED) is 0.129. The van der Waals surface area contributed by atoms with Crippen LogP contribution >= 0.6 is 0 Å². The van der Waals surface area contributed by atoms with Crippen LogP contribution in [0.25, 0.3) is 151 Å². The van der Waals surface area contributed by atoms with Gasteiger partial charge in [-0.15, -0.1) is 0 Å². The van der Waals surface area contributed by atoms with E-state index in [1.807, 2.05) is 0 Å². The van der Waals surface area contributed by atoms with Crippen molar-refractivity contribution in [2.45, 2.75) is 53.4 Å². The highest BCUT2D eigenvalue weighted by Crippen LogP contribution is 2.47. The molecule has 0 spiro atoms. The van der Waals surface area contributed by atoms with Gasteiger partial charge in [0.2, 0.25) is 5.95 Å². The largest absolute Gasteiger partial charge is 0.278 e. The summed E-state index contributed by atoms with van der Waals surface area (Å²) in [5.74, 6) is 1.71. The fourth-order valence-electron chi connectivity index (χ4n) is 14.4. The smallest absolute Gasteiger partial charge is 0.238 e. The highest BCUT2D eigenvalue weighted by atomic mass is 15.2. The molecule has 5 nitrogen and oxygen atoms in total. The number of aromatic nitrogens is 5. The zero-order chi connectivity index (χ0) is 62.9. The third-order valence-corrected chi connectivity index (χ3v) is 19.0. The van der Waals surface area contributed by atoms with Crippen molar-refractivity contribution in [1.29, 1.82) is 0 Å². The number of fused-ring (bicyclic) bond motifs is 6. The number of hydrogen-bond donors (Lipinski definition) is 0. The van der Waals surface area contributed by atoms with E-state index in [2.05, 4.69) is 331 Å². The van der Waals surface area contributed by atoms with Crippen molar-refractivity contribution >= 4 is 21.8 Å². The first-order valence-corrected chi connectivity index (χ1v) is 32.2. The molecule has 0 atom stereocenters. The molecule has 12 aromatic carbocycles. The van der Waals surface area contributed by atoms with E-state index in [1.165, 1.54) is 94.6 Å². The number of hydrogen-bond acceptors (Lipinski definition) is 4. The first-order valence-electron chi connectivity index (χ1n) is 32.2. The van der Waals surface area contributed by atoms with Gasteiger partial charge in [0.1, 0.15) is 0 Å². The van der Waals surface area contributed by atoms with Gasteiger partial charge in [0, 0.05) is 40.1 Å². The SMILES string of the molecule is Cc1c(-c2ccccc2)c(C)c(-c2cccc(-c3cccc(-c4nc(-c5cccc(-c6cccc(-c7cc(-c8ccccc8)cc(-c8ccccc8)c7)c6)c5)nc(-n5c6ccccc6c6cc7c(cc65)Cc5cc(C(C)(C)C)cnc5-7)n4)c3)c2)c(C)c1-c1ccccc1. The van der Waals surface area contributed by atoms with Gasteiger partial charge in [0.15, 0.2) is 11.6 Å². The molecule has 3 aromatic heterocycles. The molecule has 0 saturated heterocycles. The number of para-hydroxylation sites is 1. The minimum absolute atomic E-state index is 0.0157. The highest BCUT2D eigenvalue weighted by Gasteiger charge is 2.28. The number of pyridine rings is 1. The van der Waals surface area contributed by atoms with Gasteiger partial charge in [-0.25, -0.2) is 4.98 Å². The molecule has 16 rings (SSSR count). The van der Waals surface area contributed by atoms with Gasteiger partial charge < -0.3 is 0 Å². The van der Waals surface area contributed by atoms with Crippen molar-refractivity contribution in [3.63, 3.8) is 0 Å². The third kappa shape index (κ3) is 10.4. The zero-order valence-electron chi connectivity index (χ0n) is 53.1. The molecule has 93 heavy (non-hydrogen) atoms. The Hall–Kier alpha value is -11.4. The van der Waals surface area contributed by atoms with E-state index in [0.29, 0.717) is 17.6 Å². The van der Waals surface area contributed by atoms with Crippen LogP contribution in [0.2, 0.25) is 0 Å². The van der Waals surface area contributed by atoms with E-state index in [1.54, 1.807) is 0 Å². The van der Waals surface area contributed by atoms with Crippen molar-refractivity contribution in [2.24, 2.45) is 0 Å². The van der Waals surface area contributed by atoms with Crippen LogP contribution in [0.15, 0.2) is 285 Å². The maximum atomic E-state index is 5.56. The van der Waals surface area contributed by atoms with Gasteiger partial charge in [0.05, 0.1) is 16.7 Å². The monoisotopic (exact) mass is 1190 g/mol. The van der Waals surface area contributed by atoms with Crippen LogP contribution in [0.1, 0.15) is 54.2 Å². The molecule has 0 saturated carbocycles. The summed E-state index contributed by atoms with van der Waals surface area (Å²) in [6, 6.07) is 101. The zero-order valence-corrected chi connectivity index (χ0v) is 53.1. The van der Waals surface area contributed by atoms with E-state index >= 15 is 0 Å². The Bertz CT molecular complexity index is 5280. The van der Waals surface area contributed by atoms with Crippen LogP contribution in [0, 0.1) is 20.8 Å².